The van der Waals surface area contributed by atoms with Crippen LogP contribution in [0.3, 0.4) is 0 Å². The van der Waals surface area contributed by atoms with Crippen LogP contribution in [-0.4, -0.2) is 12.1 Å². The molecule has 1 aliphatic rings. The molecule has 0 saturated carbocycles. The summed E-state index contributed by atoms with van der Waals surface area (Å²) in [4.78, 5) is 23.0. The van der Waals surface area contributed by atoms with Gasteiger partial charge < -0.3 is 4.74 Å². The molecule has 1 aliphatic heterocycles. The van der Waals surface area contributed by atoms with Crippen molar-refractivity contribution in [3.8, 4) is 0 Å². The van der Waals surface area contributed by atoms with Gasteiger partial charge in [-0.3, -0.25) is 9.59 Å². The molecular formula is C15H13ClO3. The molecule has 0 spiro atoms. The van der Waals surface area contributed by atoms with E-state index in [1.54, 1.807) is 19.1 Å². The maximum atomic E-state index is 11.8. The average molecular weight is 277 g/mol. The van der Waals surface area contributed by atoms with Crippen LogP contribution < -0.4 is 0 Å². The maximum Gasteiger partial charge on any atom is 0.160 e. The fourth-order valence-electron chi connectivity index (χ4n) is 2.22. The van der Waals surface area contributed by atoms with E-state index in [1.165, 1.54) is 13.2 Å². The summed E-state index contributed by atoms with van der Waals surface area (Å²) in [6.07, 6.45) is 2.11. The van der Waals surface area contributed by atoms with Gasteiger partial charge in [0.05, 0.1) is 6.26 Å². The molecule has 2 rings (SSSR count). The van der Waals surface area contributed by atoms with Crippen molar-refractivity contribution in [2.45, 2.75) is 19.8 Å². The lowest BCUT2D eigenvalue weighted by molar-refractivity contribution is -0.114. The first kappa shape index (κ1) is 13.6. The second-order valence-corrected chi connectivity index (χ2v) is 4.80. The molecule has 1 aromatic rings. The molecule has 0 aromatic heterocycles. The van der Waals surface area contributed by atoms with E-state index in [9.17, 15) is 9.59 Å². The van der Waals surface area contributed by atoms with Crippen molar-refractivity contribution >= 4 is 23.7 Å². The van der Waals surface area contributed by atoms with Crippen LogP contribution in [0.4, 0.5) is 0 Å². The molecule has 0 bridgehead atoms. The van der Waals surface area contributed by atoms with Crippen LogP contribution in [0.15, 0.2) is 47.4 Å². The van der Waals surface area contributed by atoms with E-state index in [2.05, 4.69) is 0 Å². The number of ether oxygens (including phenoxy) is 1. The number of benzene rings is 1. The molecule has 0 aliphatic carbocycles. The van der Waals surface area contributed by atoms with Crippen LogP contribution in [0.25, 0.3) is 0 Å². The number of hydrogen-bond acceptors (Lipinski definition) is 3. The number of allylic oxidation sites excluding steroid dienone is 3. The van der Waals surface area contributed by atoms with Crippen molar-refractivity contribution in [2.75, 3.05) is 0 Å². The molecule has 0 fully saturated rings. The van der Waals surface area contributed by atoms with E-state index in [4.69, 9.17) is 16.3 Å². The lowest BCUT2D eigenvalue weighted by atomic mass is 9.82. The molecule has 0 saturated heterocycles. The Morgan fingerprint density at radius 1 is 1.32 bits per heavy atom. The number of halogens is 1. The van der Waals surface area contributed by atoms with E-state index < -0.39 is 0 Å². The van der Waals surface area contributed by atoms with Crippen LogP contribution in [0.2, 0.25) is 5.02 Å². The maximum absolute atomic E-state index is 11.8. The van der Waals surface area contributed by atoms with Gasteiger partial charge in [0.15, 0.2) is 5.78 Å². The van der Waals surface area contributed by atoms with Crippen LogP contribution >= 0.6 is 11.6 Å². The van der Waals surface area contributed by atoms with Crippen LogP contribution in [0.1, 0.15) is 25.3 Å². The average Bonchev–Trinajstić information content (AvgIpc) is 2.39. The summed E-state index contributed by atoms with van der Waals surface area (Å²) in [5.74, 6) is 0.0315. The quantitative estimate of drug-likeness (QED) is 0.795. The van der Waals surface area contributed by atoms with E-state index in [-0.39, 0.29) is 11.7 Å². The second kappa shape index (κ2) is 5.41. The summed E-state index contributed by atoms with van der Waals surface area (Å²) in [5, 5.41) is 0.609. The molecule has 0 amide bonds. The third-order valence-electron chi connectivity index (χ3n) is 3.09. The lowest BCUT2D eigenvalue weighted by Gasteiger charge is -2.25. The largest absolute Gasteiger partial charge is 0.469 e. The summed E-state index contributed by atoms with van der Waals surface area (Å²) in [6.45, 7) is 3.19. The first-order valence-corrected chi connectivity index (χ1v) is 6.21. The van der Waals surface area contributed by atoms with Gasteiger partial charge in [-0.25, -0.2) is 0 Å². The molecule has 98 valence electrons. The van der Waals surface area contributed by atoms with Gasteiger partial charge >= 0.3 is 0 Å². The molecule has 0 radical (unpaired) electrons. The Morgan fingerprint density at radius 2 is 1.95 bits per heavy atom. The first-order valence-electron chi connectivity index (χ1n) is 5.83. The highest BCUT2D eigenvalue weighted by Crippen LogP contribution is 2.37. The predicted octanol–water partition coefficient (Wildman–Crippen LogP) is 3.40. The Hall–Kier alpha value is -1.87. The lowest BCUT2D eigenvalue weighted by Crippen LogP contribution is -2.18. The monoisotopic (exact) mass is 276 g/mol. The van der Waals surface area contributed by atoms with Crippen LogP contribution in [-0.2, 0) is 14.3 Å². The van der Waals surface area contributed by atoms with Gasteiger partial charge in [0.2, 0.25) is 0 Å². The summed E-state index contributed by atoms with van der Waals surface area (Å²) < 4.78 is 5.27. The summed E-state index contributed by atoms with van der Waals surface area (Å²) in [7, 11) is 0. The van der Waals surface area contributed by atoms with Gasteiger partial charge in [0.25, 0.3) is 0 Å². The van der Waals surface area contributed by atoms with Crippen molar-refractivity contribution in [1.29, 1.82) is 0 Å². The molecule has 1 atom stereocenters. The number of carbonyl (C=O) groups excluding carboxylic acids is 2. The number of hydrogen-bond donors (Lipinski definition) is 0. The molecule has 1 unspecified atom stereocenters. The molecule has 4 heteroatoms. The highest BCUT2D eigenvalue weighted by Gasteiger charge is 2.30. The normalized spacial score (nSPS) is 18.7. The van der Waals surface area contributed by atoms with Gasteiger partial charge in [0, 0.05) is 22.1 Å². The summed E-state index contributed by atoms with van der Waals surface area (Å²) in [6, 6.07) is 7.10. The molecule has 19 heavy (non-hydrogen) atoms. The molecule has 3 nitrogen and oxygen atoms in total. The van der Waals surface area contributed by atoms with Crippen molar-refractivity contribution in [3.05, 3.63) is 58.0 Å². The zero-order valence-corrected chi connectivity index (χ0v) is 11.4. The Labute approximate surface area is 116 Å². The van der Waals surface area contributed by atoms with Crippen LogP contribution in [0.5, 0.6) is 0 Å². The molecule has 0 N–H and O–H groups in total. The Balaban J connectivity index is 2.55. The topological polar surface area (TPSA) is 43.4 Å². The number of Topliss-reactive ketones (excluding diaryl/α,β-unsaturated/α-hetero) is 1. The summed E-state index contributed by atoms with van der Waals surface area (Å²) in [5.41, 5.74) is 1.78. The zero-order chi connectivity index (χ0) is 14.0. The minimum absolute atomic E-state index is 0.107. The van der Waals surface area contributed by atoms with E-state index in [1.807, 2.05) is 12.1 Å². The SMILES string of the molecule is CC(=O)C1=C(C)OC=C(C=O)C1c1ccc(Cl)cc1. The smallest absolute Gasteiger partial charge is 0.160 e. The second-order valence-electron chi connectivity index (χ2n) is 4.36. The summed E-state index contributed by atoms with van der Waals surface area (Å²) >= 11 is 5.86. The van der Waals surface area contributed by atoms with E-state index in [0.717, 1.165) is 5.56 Å². The zero-order valence-electron chi connectivity index (χ0n) is 10.6. The van der Waals surface area contributed by atoms with E-state index >= 15 is 0 Å². The van der Waals surface area contributed by atoms with Crippen molar-refractivity contribution in [1.82, 2.24) is 0 Å². The van der Waals surface area contributed by atoms with Gasteiger partial charge in [-0.15, -0.1) is 0 Å². The number of rotatable bonds is 3. The van der Waals surface area contributed by atoms with Gasteiger partial charge in [-0.2, -0.15) is 0 Å². The van der Waals surface area contributed by atoms with Gasteiger partial charge in [0.1, 0.15) is 12.0 Å². The first-order chi connectivity index (χ1) is 9.04. The molecular weight excluding hydrogens is 264 g/mol. The number of carbonyl (C=O) groups is 2. The Kier molecular flexibility index (Phi) is 3.86. The van der Waals surface area contributed by atoms with Crippen LogP contribution in [0, 0.1) is 0 Å². The fraction of sp³-hybridized carbons (Fsp3) is 0.200. The Morgan fingerprint density at radius 3 is 2.47 bits per heavy atom. The Bertz CT molecular complexity index is 582. The predicted molar refractivity (Wildman–Crippen MR) is 72.8 cm³/mol. The third kappa shape index (κ3) is 2.61. The molecule has 1 aromatic carbocycles. The minimum atomic E-state index is -0.388. The van der Waals surface area contributed by atoms with Crippen molar-refractivity contribution < 1.29 is 14.3 Å². The fourth-order valence-corrected chi connectivity index (χ4v) is 2.35. The standard InChI is InChI=1S/C15H13ClO3/c1-9(18)14-10(2)19-8-12(7-17)15(14)11-3-5-13(16)6-4-11/h3-8,15H,1-2H3. The van der Waals surface area contributed by atoms with Crippen molar-refractivity contribution in [2.24, 2.45) is 0 Å². The van der Waals surface area contributed by atoms with Gasteiger partial charge in [-0.05, 0) is 31.5 Å². The highest BCUT2D eigenvalue weighted by atomic mass is 35.5. The minimum Gasteiger partial charge on any atom is -0.469 e. The van der Waals surface area contributed by atoms with Crippen molar-refractivity contribution in [3.63, 3.8) is 0 Å². The van der Waals surface area contributed by atoms with E-state index in [0.29, 0.717) is 28.2 Å². The van der Waals surface area contributed by atoms with Gasteiger partial charge in [-0.1, -0.05) is 23.7 Å². The number of ketones is 1. The third-order valence-corrected chi connectivity index (χ3v) is 3.34. The highest BCUT2D eigenvalue weighted by molar-refractivity contribution is 6.30. The molecule has 1 heterocycles. The number of aldehydes is 1.